The van der Waals surface area contributed by atoms with Crippen LogP contribution in [-0.2, 0) is 17.9 Å². The third-order valence-electron chi connectivity index (χ3n) is 6.74. The van der Waals surface area contributed by atoms with Gasteiger partial charge in [0, 0.05) is 31.5 Å². The highest BCUT2D eigenvalue weighted by molar-refractivity contribution is 6.04. The number of nitrogens with two attached hydrogens (primary N) is 3. The number of carbonyl (C=O) groups excluding carboxylic acids is 1. The molecule has 258 valence electrons. The van der Waals surface area contributed by atoms with Crippen molar-refractivity contribution in [3.05, 3.63) is 82.8 Å². The molecule has 3 aromatic heterocycles. The Balaban J connectivity index is 0.000000486. The molecule has 0 fully saturated rings. The summed E-state index contributed by atoms with van der Waals surface area (Å²) in [6.45, 7) is 3.65. The molecule has 12 nitrogen and oxygen atoms in total. The second-order valence-electron chi connectivity index (χ2n) is 9.86. The fraction of sp³-hybridized carbons (Fsp3) is 0.281. The number of hydrogen-bond donors (Lipinski definition) is 5. The Morgan fingerprint density at radius 3 is 2.04 bits per heavy atom. The van der Waals surface area contributed by atoms with Gasteiger partial charge in [0.2, 0.25) is 0 Å². The number of fused-ring (bicyclic) bond motifs is 3. The van der Waals surface area contributed by atoms with Gasteiger partial charge >= 0.3 is 5.97 Å². The maximum atomic E-state index is 13.6. The molecule has 48 heavy (non-hydrogen) atoms. The average molecular weight is 675 g/mol. The molecular formula is C32H38F4N8O4. The molecule has 1 amide bonds. The number of benzene rings is 2. The minimum absolute atomic E-state index is 0. The number of unbranched alkanes of at least 4 members (excludes halogenated alkanes) is 1. The molecule has 0 unspecified atom stereocenters. The summed E-state index contributed by atoms with van der Waals surface area (Å²) in [6, 6.07) is 6.81. The van der Waals surface area contributed by atoms with Crippen molar-refractivity contribution in [3.63, 3.8) is 0 Å². The van der Waals surface area contributed by atoms with Gasteiger partial charge < -0.3 is 36.9 Å². The molecule has 0 saturated heterocycles. The summed E-state index contributed by atoms with van der Waals surface area (Å²) in [5.74, 6) is -4.99. The number of nitrogens with one attached hydrogen (secondary N) is 1. The van der Waals surface area contributed by atoms with Crippen molar-refractivity contribution in [2.24, 2.45) is 0 Å². The van der Waals surface area contributed by atoms with E-state index in [0.717, 1.165) is 17.6 Å². The number of hydrogen-bond acceptors (Lipinski definition) is 9. The number of imidazole rings is 1. The van der Waals surface area contributed by atoms with E-state index in [4.69, 9.17) is 27.0 Å². The van der Waals surface area contributed by atoms with E-state index in [1.807, 2.05) is 17.6 Å². The van der Waals surface area contributed by atoms with E-state index < -0.39 is 52.1 Å². The van der Waals surface area contributed by atoms with E-state index in [9.17, 15) is 27.2 Å². The third-order valence-corrected chi connectivity index (χ3v) is 6.74. The van der Waals surface area contributed by atoms with Crippen LogP contribution >= 0.6 is 0 Å². The summed E-state index contributed by atoms with van der Waals surface area (Å²) in [5.41, 5.74) is 17.2. The lowest BCUT2D eigenvalue weighted by molar-refractivity contribution is 0.0695. The molecule has 5 rings (SSSR count). The van der Waals surface area contributed by atoms with Crippen LogP contribution < -0.4 is 22.5 Å². The number of pyridine rings is 2. The lowest BCUT2D eigenvalue weighted by Gasteiger charge is -2.11. The Morgan fingerprint density at radius 1 is 0.896 bits per heavy atom. The number of amides is 1. The zero-order valence-corrected chi connectivity index (χ0v) is 24.5. The molecule has 0 atom stereocenters. The van der Waals surface area contributed by atoms with Crippen molar-refractivity contribution in [1.82, 2.24) is 24.8 Å². The Labute approximate surface area is 273 Å². The highest BCUT2D eigenvalue weighted by Crippen LogP contribution is 2.28. The van der Waals surface area contributed by atoms with E-state index in [1.54, 1.807) is 12.3 Å². The van der Waals surface area contributed by atoms with Crippen LogP contribution in [0.4, 0.5) is 34.8 Å². The maximum absolute atomic E-state index is 13.6. The van der Waals surface area contributed by atoms with Gasteiger partial charge in [-0.1, -0.05) is 14.9 Å². The molecule has 2 aromatic carbocycles. The van der Waals surface area contributed by atoms with Crippen molar-refractivity contribution in [3.8, 4) is 0 Å². The number of aromatic carboxylic acids is 1. The van der Waals surface area contributed by atoms with Gasteiger partial charge in [0.05, 0.1) is 11.1 Å². The molecule has 3 heterocycles. The number of aromatic nitrogens is 4. The number of nitrogen functional groups attached to an aromatic ring is 3. The fourth-order valence-electron chi connectivity index (χ4n) is 4.44. The van der Waals surface area contributed by atoms with Gasteiger partial charge in [0.15, 0.2) is 5.82 Å². The number of anilines is 3. The first-order valence-corrected chi connectivity index (χ1v) is 13.9. The summed E-state index contributed by atoms with van der Waals surface area (Å²) < 4.78 is 60.0. The van der Waals surface area contributed by atoms with Crippen LogP contribution in [0.1, 0.15) is 61.2 Å². The molecule has 16 heteroatoms. The number of aryl methyl sites for hydroxylation is 1. The van der Waals surface area contributed by atoms with Gasteiger partial charge in [-0.15, -0.1) is 0 Å². The molecule has 0 aliphatic heterocycles. The number of halogens is 4. The minimum atomic E-state index is -1.40. The van der Waals surface area contributed by atoms with Crippen molar-refractivity contribution in [2.75, 3.05) is 30.4 Å². The molecular weight excluding hydrogens is 636 g/mol. The summed E-state index contributed by atoms with van der Waals surface area (Å²) in [5, 5.41) is 11.0. The summed E-state index contributed by atoms with van der Waals surface area (Å²) in [6.07, 6.45) is 2.99. The largest absolute Gasteiger partial charge is 0.478 e. The van der Waals surface area contributed by atoms with Crippen molar-refractivity contribution in [1.29, 1.82) is 0 Å². The van der Waals surface area contributed by atoms with Gasteiger partial charge in [0.1, 0.15) is 63.6 Å². The fourth-order valence-corrected chi connectivity index (χ4v) is 4.44. The lowest BCUT2D eigenvalue weighted by Crippen LogP contribution is -2.25. The Kier molecular flexibility index (Phi) is 13.6. The highest BCUT2D eigenvalue weighted by Gasteiger charge is 2.18. The van der Waals surface area contributed by atoms with Crippen LogP contribution in [0.2, 0.25) is 0 Å². The minimum Gasteiger partial charge on any atom is -0.478 e. The molecule has 0 spiro atoms. The van der Waals surface area contributed by atoms with E-state index in [2.05, 4.69) is 20.3 Å². The molecule has 0 bridgehead atoms. The Bertz CT molecular complexity index is 1870. The van der Waals surface area contributed by atoms with Crippen LogP contribution in [0.15, 0.2) is 42.6 Å². The first-order chi connectivity index (χ1) is 21.9. The van der Waals surface area contributed by atoms with Gasteiger partial charge in [-0.05, 0) is 56.2 Å². The maximum Gasteiger partial charge on any atom is 0.335 e. The average Bonchev–Trinajstić information content (AvgIpc) is 3.40. The van der Waals surface area contributed by atoms with Crippen LogP contribution in [0, 0.1) is 23.3 Å². The first kappa shape index (κ1) is 38.7. The topological polar surface area (TPSA) is 197 Å². The Hall–Kier alpha value is -5.51. The predicted molar refractivity (Wildman–Crippen MR) is 176 cm³/mol. The second-order valence-corrected chi connectivity index (χ2v) is 9.86. The molecule has 0 aliphatic carbocycles. The van der Waals surface area contributed by atoms with Gasteiger partial charge in [-0.3, -0.25) is 9.78 Å². The summed E-state index contributed by atoms with van der Waals surface area (Å²) in [7, 11) is 0. The van der Waals surface area contributed by atoms with Crippen molar-refractivity contribution >= 4 is 51.1 Å². The summed E-state index contributed by atoms with van der Waals surface area (Å²) >= 11 is 0. The van der Waals surface area contributed by atoms with E-state index >= 15 is 0 Å². The SMILES string of the molecule is C.C.CCOCc1nc2c(N)nc3cccnc3c2n1CCCCNC(=O)c1cc(F)c(N)c(F)c1.Nc1c(F)cc(C(=O)O)cc1F. The monoisotopic (exact) mass is 674 g/mol. The molecule has 0 saturated carbocycles. The lowest BCUT2D eigenvalue weighted by atomic mass is 10.1. The van der Waals surface area contributed by atoms with Crippen LogP contribution in [-0.4, -0.2) is 49.7 Å². The van der Waals surface area contributed by atoms with Crippen molar-refractivity contribution < 1.29 is 37.0 Å². The quantitative estimate of drug-likeness (QED) is 0.0697. The number of rotatable bonds is 10. The number of carboxylic acid groups (broad SMARTS) is 1. The van der Waals surface area contributed by atoms with Crippen LogP contribution in [0.25, 0.3) is 22.1 Å². The van der Waals surface area contributed by atoms with E-state index in [0.29, 0.717) is 79.5 Å². The molecule has 8 N–H and O–H groups in total. The standard InChI is InChI=1S/C23H25F2N7O2.C7H5F2NO2.2CH4/c1-2-34-12-17-31-20-21(19-16(30-22(20)27)6-5-8-28-19)32(17)9-4-3-7-29-23(33)13-10-14(24)18(26)15(25)11-13;8-4-1-3(7(11)12)2-5(9)6(4)10;;/h5-6,8,10-11H,2-4,7,9,12,26H2,1H3,(H2,27,30)(H,29,33);1-2H,10H2,(H,11,12);2*1H4. The second kappa shape index (κ2) is 16.9. The number of nitrogens with zero attached hydrogens (tertiary/aromatic N) is 4. The number of carbonyl (C=O) groups is 2. The molecule has 0 aliphatic rings. The van der Waals surface area contributed by atoms with Crippen molar-refractivity contribution in [2.45, 2.75) is 47.8 Å². The zero-order chi connectivity index (χ0) is 33.5. The molecule has 5 aromatic rings. The van der Waals surface area contributed by atoms with Crippen LogP contribution in [0.5, 0.6) is 0 Å². The number of carboxylic acids is 1. The van der Waals surface area contributed by atoms with E-state index in [1.165, 1.54) is 0 Å². The normalized spacial score (nSPS) is 10.5. The zero-order valence-electron chi connectivity index (χ0n) is 24.5. The Morgan fingerprint density at radius 2 is 1.48 bits per heavy atom. The first-order valence-electron chi connectivity index (χ1n) is 13.9. The van der Waals surface area contributed by atoms with E-state index in [-0.39, 0.29) is 20.4 Å². The smallest absolute Gasteiger partial charge is 0.335 e. The van der Waals surface area contributed by atoms with Gasteiger partial charge in [-0.2, -0.15) is 0 Å². The number of ether oxygens (including phenoxy) is 1. The predicted octanol–water partition coefficient (Wildman–Crippen LogP) is 5.69. The van der Waals surface area contributed by atoms with Gasteiger partial charge in [0.25, 0.3) is 5.91 Å². The molecule has 0 radical (unpaired) electrons. The van der Waals surface area contributed by atoms with Crippen LogP contribution in [0.3, 0.4) is 0 Å². The van der Waals surface area contributed by atoms with Gasteiger partial charge in [-0.25, -0.2) is 32.3 Å². The summed E-state index contributed by atoms with van der Waals surface area (Å²) in [4.78, 5) is 36.0. The highest BCUT2D eigenvalue weighted by atomic mass is 19.1. The third kappa shape index (κ3) is 8.64.